The summed E-state index contributed by atoms with van der Waals surface area (Å²) >= 11 is 0. The van der Waals surface area contributed by atoms with Crippen molar-refractivity contribution in [3.8, 4) is 0 Å². The van der Waals surface area contributed by atoms with Gasteiger partial charge in [0, 0.05) is 36.5 Å². The van der Waals surface area contributed by atoms with E-state index < -0.39 is 0 Å². The van der Waals surface area contributed by atoms with Crippen LogP contribution in [0.5, 0.6) is 0 Å². The van der Waals surface area contributed by atoms with Crippen LogP contribution in [0.15, 0.2) is 54.9 Å². The number of ketones is 1. The molecule has 1 fully saturated rings. The molecule has 3 rings (SSSR count). The van der Waals surface area contributed by atoms with Gasteiger partial charge in [0.2, 0.25) is 0 Å². The van der Waals surface area contributed by atoms with Crippen molar-refractivity contribution in [1.29, 1.82) is 0 Å². The standard InChI is InChI=1S/C19H21N2O/c1-16-4-6-17(7-5-16)19(22)10-15-20-13-8-18(9-14-20)21-11-2-3-12-21/h4-10,13-15H,2-3,11-12H2,1H3/q+1/b15-10-. The van der Waals surface area contributed by atoms with E-state index in [1.54, 1.807) is 12.3 Å². The van der Waals surface area contributed by atoms with Crippen LogP contribution in [0.4, 0.5) is 5.69 Å². The molecule has 0 saturated carbocycles. The first kappa shape index (κ1) is 14.5. The molecule has 3 heteroatoms. The molecule has 0 amide bonds. The number of aryl methyl sites for hydroxylation is 1. The summed E-state index contributed by atoms with van der Waals surface area (Å²) in [5.74, 6) is 0.0242. The number of aromatic nitrogens is 1. The Morgan fingerprint density at radius 2 is 1.68 bits per heavy atom. The Hall–Kier alpha value is -2.42. The van der Waals surface area contributed by atoms with E-state index in [1.807, 2.05) is 48.1 Å². The molecule has 22 heavy (non-hydrogen) atoms. The molecule has 1 aromatic heterocycles. The number of carbonyl (C=O) groups excluding carboxylic acids is 1. The van der Waals surface area contributed by atoms with Crippen molar-refractivity contribution in [2.24, 2.45) is 0 Å². The summed E-state index contributed by atoms with van der Waals surface area (Å²) in [4.78, 5) is 14.5. The number of anilines is 1. The second-order valence-electron chi connectivity index (χ2n) is 5.74. The van der Waals surface area contributed by atoms with E-state index in [1.165, 1.54) is 18.5 Å². The summed E-state index contributed by atoms with van der Waals surface area (Å²) < 4.78 is 1.91. The van der Waals surface area contributed by atoms with Crippen LogP contribution in [0.3, 0.4) is 0 Å². The maximum absolute atomic E-state index is 12.1. The van der Waals surface area contributed by atoms with Crippen molar-refractivity contribution in [3.05, 3.63) is 66.0 Å². The lowest BCUT2D eigenvalue weighted by Crippen LogP contribution is -2.26. The van der Waals surface area contributed by atoms with Gasteiger partial charge in [-0.3, -0.25) is 4.79 Å². The fourth-order valence-electron chi connectivity index (χ4n) is 2.68. The Labute approximate surface area is 131 Å². The van der Waals surface area contributed by atoms with E-state index in [0.29, 0.717) is 0 Å². The lowest BCUT2D eigenvalue weighted by molar-refractivity contribution is -0.568. The quantitative estimate of drug-likeness (QED) is 0.491. The molecule has 0 bridgehead atoms. The van der Waals surface area contributed by atoms with Crippen LogP contribution >= 0.6 is 0 Å². The van der Waals surface area contributed by atoms with E-state index in [9.17, 15) is 4.79 Å². The van der Waals surface area contributed by atoms with Crippen LogP contribution in [-0.2, 0) is 0 Å². The molecule has 1 aliphatic rings. The molecule has 0 N–H and O–H groups in total. The fourth-order valence-corrected chi connectivity index (χ4v) is 2.68. The van der Waals surface area contributed by atoms with Gasteiger partial charge in [-0.05, 0) is 19.8 Å². The first-order valence-corrected chi connectivity index (χ1v) is 7.77. The number of allylic oxidation sites excluding steroid dienone is 1. The van der Waals surface area contributed by atoms with Crippen molar-refractivity contribution in [2.45, 2.75) is 19.8 Å². The molecular weight excluding hydrogens is 272 g/mol. The van der Waals surface area contributed by atoms with Crippen molar-refractivity contribution >= 4 is 17.7 Å². The van der Waals surface area contributed by atoms with Crippen LogP contribution in [0.2, 0.25) is 0 Å². The van der Waals surface area contributed by atoms with Crippen molar-refractivity contribution in [1.82, 2.24) is 0 Å². The highest BCUT2D eigenvalue weighted by Gasteiger charge is 2.13. The summed E-state index contributed by atoms with van der Waals surface area (Å²) in [6, 6.07) is 11.8. The SMILES string of the molecule is Cc1ccc(C(=O)/C=C\[n+]2ccc(N3CCCC3)cc2)cc1. The smallest absolute Gasteiger partial charge is 0.191 e. The van der Waals surface area contributed by atoms with Gasteiger partial charge in [0.25, 0.3) is 0 Å². The van der Waals surface area contributed by atoms with Crippen LogP contribution in [0.25, 0.3) is 6.20 Å². The minimum atomic E-state index is 0.0242. The topological polar surface area (TPSA) is 24.2 Å². The van der Waals surface area contributed by atoms with Gasteiger partial charge in [0.15, 0.2) is 24.4 Å². The third kappa shape index (κ3) is 3.42. The Balaban J connectivity index is 1.67. The Kier molecular flexibility index (Phi) is 4.33. The zero-order chi connectivity index (χ0) is 15.4. The monoisotopic (exact) mass is 293 g/mol. The van der Waals surface area contributed by atoms with E-state index in [0.717, 1.165) is 24.2 Å². The summed E-state index contributed by atoms with van der Waals surface area (Å²) in [6.07, 6.45) is 9.95. The highest BCUT2D eigenvalue weighted by Crippen LogP contribution is 2.17. The summed E-state index contributed by atoms with van der Waals surface area (Å²) in [6.45, 7) is 4.30. The second-order valence-corrected chi connectivity index (χ2v) is 5.74. The largest absolute Gasteiger partial charge is 0.371 e. The molecule has 112 valence electrons. The molecule has 2 aromatic rings. The van der Waals surface area contributed by atoms with E-state index in [2.05, 4.69) is 17.0 Å². The predicted molar refractivity (Wildman–Crippen MR) is 88.9 cm³/mol. The maximum Gasteiger partial charge on any atom is 0.191 e. The Morgan fingerprint density at radius 3 is 2.32 bits per heavy atom. The molecular formula is C19H21N2O+. The minimum Gasteiger partial charge on any atom is -0.371 e. The highest BCUT2D eigenvalue weighted by molar-refractivity contribution is 6.05. The van der Waals surface area contributed by atoms with Gasteiger partial charge in [0.05, 0.1) is 6.08 Å². The van der Waals surface area contributed by atoms with Gasteiger partial charge in [-0.2, -0.15) is 4.57 Å². The van der Waals surface area contributed by atoms with Crippen molar-refractivity contribution in [3.63, 3.8) is 0 Å². The van der Waals surface area contributed by atoms with Crippen LogP contribution in [-0.4, -0.2) is 18.9 Å². The van der Waals surface area contributed by atoms with Crippen LogP contribution in [0, 0.1) is 6.92 Å². The van der Waals surface area contributed by atoms with E-state index in [-0.39, 0.29) is 5.78 Å². The summed E-state index contributed by atoms with van der Waals surface area (Å²) in [5.41, 5.74) is 3.13. The Bertz CT molecular complexity index is 666. The first-order chi connectivity index (χ1) is 10.7. The highest BCUT2D eigenvalue weighted by atomic mass is 16.1. The van der Waals surface area contributed by atoms with Crippen LogP contribution < -0.4 is 9.47 Å². The van der Waals surface area contributed by atoms with Gasteiger partial charge < -0.3 is 4.90 Å². The van der Waals surface area contributed by atoms with Gasteiger partial charge in [-0.1, -0.05) is 29.8 Å². The maximum atomic E-state index is 12.1. The number of nitrogens with zero attached hydrogens (tertiary/aromatic N) is 2. The molecule has 3 nitrogen and oxygen atoms in total. The van der Waals surface area contributed by atoms with Crippen molar-refractivity contribution in [2.75, 3.05) is 18.0 Å². The number of hydrogen-bond donors (Lipinski definition) is 0. The molecule has 0 spiro atoms. The summed E-state index contributed by atoms with van der Waals surface area (Å²) in [7, 11) is 0. The molecule has 0 radical (unpaired) electrons. The minimum absolute atomic E-state index is 0.0242. The molecule has 0 aliphatic carbocycles. The third-order valence-electron chi connectivity index (χ3n) is 4.04. The molecule has 0 atom stereocenters. The van der Waals surface area contributed by atoms with E-state index >= 15 is 0 Å². The van der Waals surface area contributed by atoms with Crippen molar-refractivity contribution < 1.29 is 9.36 Å². The zero-order valence-electron chi connectivity index (χ0n) is 12.9. The molecule has 0 unspecified atom stereocenters. The fraction of sp³-hybridized carbons (Fsp3) is 0.263. The molecule has 1 aliphatic heterocycles. The van der Waals surface area contributed by atoms with Gasteiger partial charge in [0.1, 0.15) is 0 Å². The zero-order valence-corrected chi connectivity index (χ0v) is 12.9. The van der Waals surface area contributed by atoms with Gasteiger partial charge in [-0.25, -0.2) is 0 Å². The Morgan fingerprint density at radius 1 is 1.05 bits per heavy atom. The average molecular weight is 293 g/mol. The predicted octanol–water partition coefficient (Wildman–Crippen LogP) is 3.24. The van der Waals surface area contributed by atoms with Gasteiger partial charge >= 0.3 is 0 Å². The molecule has 1 saturated heterocycles. The normalized spacial score (nSPS) is 14.7. The van der Waals surface area contributed by atoms with E-state index in [4.69, 9.17) is 0 Å². The molecule has 2 heterocycles. The third-order valence-corrected chi connectivity index (χ3v) is 4.04. The second kappa shape index (κ2) is 6.56. The number of pyridine rings is 1. The number of benzene rings is 1. The summed E-state index contributed by atoms with van der Waals surface area (Å²) in [5, 5.41) is 0. The number of carbonyl (C=O) groups is 1. The number of rotatable bonds is 4. The number of hydrogen-bond acceptors (Lipinski definition) is 2. The van der Waals surface area contributed by atoms with Crippen LogP contribution in [0.1, 0.15) is 28.8 Å². The molecule has 1 aromatic carbocycles. The lowest BCUT2D eigenvalue weighted by atomic mass is 10.1. The van der Waals surface area contributed by atoms with Gasteiger partial charge in [-0.15, -0.1) is 0 Å². The average Bonchev–Trinajstić information content (AvgIpc) is 3.08. The lowest BCUT2D eigenvalue weighted by Gasteiger charge is -2.15. The first-order valence-electron chi connectivity index (χ1n) is 7.77.